The van der Waals surface area contributed by atoms with Gasteiger partial charge in [0.15, 0.2) is 14.6 Å². The van der Waals surface area contributed by atoms with E-state index in [1.54, 1.807) is 0 Å². The summed E-state index contributed by atoms with van der Waals surface area (Å²) in [6.07, 6.45) is 10.8. The molecular formula is C44H76N2O6Si. The molecule has 14 atom stereocenters. The fraction of sp³-hybridized carbons (Fsp3) is 0.977. The Labute approximate surface area is 323 Å². The van der Waals surface area contributed by atoms with Crippen molar-refractivity contribution < 1.29 is 28.2 Å². The molecule has 5 aliphatic carbocycles. The van der Waals surface area contributed by atoms with Crippen molar-refractivity contribution in [2.45, 2.75) is 182 Å². The molecular weight excluding hydrogens is 681 g/mol. The average Bonchev–Trinajstić information content (AvgIpc) is 3.73. The number of amides is 1. The Morgan fingerprint density at radius 2 is 1.66 bits per heavy atom. The third kappa shape index (κ3) is 5.59. The molecule has 9 heteroatoms. The smallest absolute Gasteiger partial charge is 0.410 e. The lowest BCUT2D eigenvalue weighted by Gasteiger charge is -2.64. The van der Waals surface area contributed by atoms with Crippen LogP contribution in [0.3, 0.4) is 0 Å². The van der Waals surface area contributed by atoms with E-state index in [0.717, 1.165) is 70.2 Å². The summed E-state index contributed by atoms with van der Waals surface area (Å²) in [5.74, 6) is 2.42. The number of nitrogens with one attached hydrogen (secondary N) is 1. The lowest BCUT2D eigenvalue weighted by molar-refractivity contribution is -0.237. The van der Waals surface area contributed by atoms with E-state index in [1.807, 2.05) is 4.90 Å². The topological polar surface area (TPSA) is 78.5 Å². The van der Waals surface area contributed by atoms with Gasteiger partial charge in [0.2, 0.25) is 0 Å². The van der Waals surface area contributed by atoms with Crippen LogP contribution in [0.4, 0.5) is 4.79 Å². The molecule has 8 fully saturated rings. The molecule has 2 spiro atoms. The van der Waals surface area contributed by atoms with Crippen molar-refractivity contribution in [1.29, 1.82) is 0 Å². The molecule has 3 saturated heterocycles. The van der Waals surface area contributed by atoms with Crippen LogP contribution >= 0.6 is 0 Å². The zero-order valence-corrected chi connectivity index (χ0v) is 36.3. The summed E-state index contributed by atoms with van der Waals surface area (Å²) in [5, 5.41) is 3.48. The number of rotatable bonds is 10. The molecule has 53 heavy (non-hydrogen) atoms. The Morgan fingerprint density at radius 3 is 2.28 bits per heavy atom. The van der Waals surface area contributed by atoms with Crippen molar-refractivity contribution in [3.05, 3.63) is 0 Å². The summed E-state index contributed by atoms with van der Waals surface area (Å²) in [6, 6.07) is 3.46. The molecule has 3 heterocycles. The number of hydrogen-bond donors (Lipinski definition) is 1. The highest BCUT2D eigenvalue weighted by Crippen LogP contribution is 2.89. The summed E-state index contributed by atoms with van der Waals surface area (Å²) in [7, 11) is -2.01. The molecule has 1 N–H and O–H groups in total. The molecule has 0 aromatic carbocycles. The van der Waals surface area contributed by atoms with Crippen LogP contribution in [0.5, 0.6) is 0 Å². The minimum Gasteiger partial charge on any atom is -0.443 e. The Bertz CT molecular complexity index is 1360. The molecule has 0 unspecified atom stereocenters. The molecule has 302 valence electrons. The molecule has 8 rings (SSSR count). The summed E-state index contributed by atoms with van der Waals surface area (Å²) < 4.78 is 34.8. The van der Waals surface area contributed by atoms with E-state index in [2.05, 4.69) is 74.6 Å². The van der Waals surface area contributed by atoms with Gasteiger partial charge in [0.25, 0.3) is 0 Å². The van der Waals surface area contributed by atoms with Gasteiger partial charge in [-0.25, -0.2) is 4.79 Å². The number of ether oxygens (including phenoxy) is 4. The van der Waals surface area contributed by atoms with Crippen LogP contribution in [0.1, 0.15) is 127 Å². The highest BCUT2D eigenvalue weighted by molar-refractivity contribution is 6.73. The standard InChI is InChI=1S/C44H76N2O6Si/c1-11-53(12-2,13-3)52-38-37-35(29(6)25-30(49-37)36(28(4)5)51-39(47)46-22-14-23-46)41(9)19-20-44-27-43(44)18-17-33(50-34-26-45-21-24-48-34)40(7,8)31(43)15-16-32(44)42(38,41)10/h28-38,45H,11-27H2,1-10H3/t29-,30-,31+,32+,33+,34+,35+,36-,37+,38+,41-,42-,43-,44+/m1/s1. The van der Waals surface area contributed by atoms with Gasteiger partial charge in [-0.3, -0.25) is 0 Å². The molecule has 3 aliphatic heterocycles. The third-order valence-electron chi connectivity index (χ3n) is 18.6. The molecule has 0 aromatic rings. The van der Waals surface area contributed by atoms with E-state index < -0.39 is 8.32 Å². The first-order chi connectivity index (χ1) is 25.2. The maximum absolute atomic E-state index is 13.3. The first-order valence-electron chi connectivity index (χ1n) is 22.4. The maximum atomic E-state index is 13.3. The summed E-state index contributed by atoms with van der Waals surface area (Å²) in [4.78, 5) is 15.1. The number of hydrogen-bond acceptors (Lipinski definition) is 7. The van der Waals surface area contributed by atoms with Crippen molar-refractivity contribution in [3.63, 3.8) is 0 Å². The molecule has 1 amide bonds. The predicted octanol–water partition coefficient (Wildman–Crippen LogP) is 9.03. The third-order valence-corrected chi connectivity index (χ3v) is 23.2. The van der Waals surface area contributed by atoms with Gasteiger partial charge >= 0.3 is 6.09 Å². The van der Waals surface area contributed by atoms with Gasteiger partial charge in [0.05, 0.1) is 31.0 Å². The van der Waals surface area contributed by atoms with E-state index in [-0.39, 0.29) is 65.1 Å². The van der Waals surface area contributed by atoms with Crippen LogP contribution in [0.15, 0.2) is 0 Å². The average molecular weight is 757 g/mol. The second-order valence-electron chi connectivity index (χ2n) is 21.0. The molecule has 5 saturated carbocycles. The lowest BCUT2D eigenvalue weighted by atomic mass is 9.41. The number of carbonyl (C=O) groups is 1. The zero-order valence-electron chi connectivity index (χ0n) is 35.3. The fourth-order valence-electron chi connectivity index (χ4n) is 15.3. The SMILES string of the molecule is CC[Si](CC)(CC)O[C@H]1[C@H]2O[C@@H]([C@H](OC(=O)N3CCC3)C(C)C)C[C@@H](C)[C@@H]2[C@@]2(C)CC[C@@]34C[C@@]35CC[C@H](O[C@H]3CNCCO3)C(C)(C)[C@@H]5CC[C@H]4[C@]12C. The second-order valence-corrected chi connectivity index (χ2v) is 25.7. The number of morpholine rings is 1. The fourth-order valence-corrected chi connectivity index (χ4v) is 18.3. The van der Waals surface area contributed by atoms with Crippen LogP contribution < -0.4 is 5.32 Å². The van der Waals surface area contributed by atoms with Gasteiger partial charge in [-0.05, 0) is 127 Å². The summed E-state index contributed by atoms with van der Waals surface area (Å²) in [5.41, 5.74) is 1.07. The van der Waals surface area contributed by atoms with Crippen molar-refractivity contribution in [2.24, 2.45) is 56.7 Å². The van der Waals surface area contributed by atoms with Crippen molar-refractivity contribution in [1.82, 2.24) is 10.2 Å². The van der Waals surface area contributed by atoms with Crippen LogP contribution in [-0.2, 0) is 23.4 Å². The number of nitrogens with zero attached hydrogens (tertiary/aromatic N) is 1. The number of carbonyl (C=O) groups excluding carboxylic acids is 1. The van der Waals surface area contributed by atoms with E-state index in [1.165, 1.54) is 38.5 Å². The largest absolute Gasteiger partial charge is 0.443 e. The Kier molecular flexibility index (Phi) is 10.1. The minimum absolute atomic E-state index is 0.0245. The highest BCUT2D eigenvalue weighted by atomic mass is 28.4. The summed E-state index contributed by atoms with van der Waals surface area (Å²) in [6.45, 7) is 28.7. The van der Waals surface area contributed by atoms with Crippen molar-refractivity contribution in [2.75, 3.05) is 32.8 Å². The van der Waals surface area contributed by atoms with Gasteiger partial charge in [-0.15, -0.1) is 0 Å². The first-order valence-corrected chi connectivity index (χ1v) is 25.0. The summed E-state index contributed by atoms with van der Waals surface area (Å²) >= 11 is 0. The van der Waals surface area contributed by atoms with Crippen LogP contribution in [0.2, 0.25) is 18.1 Å². The molecule has 0 bridgehead atoms. The normalized spacial score (nSPS) is 47.7. The Morgan fingerprint density at radius 1 is 0.962 bits per heavy atom. The monoisotopic (exact) mass is 757 g/mol. The van der Waals surface area contributed by atoms with Gasteiger partial charge in [-0.2, -0.15) is 0 Å². The van der Waals surface area contributed by atoms with Gasteiger partial charge in [0.1, 0.15) is 6.10 Å². The number of fused-ring (bicyclic) bond motifs is 4. The Balaban J connectivity index is 1.13. The predicted molar refractivity (Wildman–Crippen MR) is 211 cm³/mol. The van der Waals surface area contributed by atoms with Crippen LogP contribution in [0.25, 0.3) is 0 Å². The Hall–Kier alpha value is -0.713. The van der Waals surface area contributed by atoms with Crippen LogP contribution in [0, 0.1) is 56.7 Å². The highest BCUT2D eigenvalue weighted by Gasteiger charge is 2.85. The molecule has 0 aromatic heterocycles. The van der Waals surface area contributed by atoms with Gasteiger partial charge in [0, 0.05) is 31.6 Å². The lowest BCUT2D eigenvalue weighted by Crippen LogP contribution is -2.61. The molecule has 0 radical (unpaired) electrons. The van der Waals surface area contributed by atoms with Crippen LogP contribution in [-0.4, -0.2) is 88.9 Å². The molecule has 8 nitrogen and oxygen atoms in total. The number of likely N-dealkylation sites (tertiary alicyclic amines) is 1. The maximum Gasteiger partial charge on any atom is 0.410 e. The van der Waals surface area contributed by atoms with Gasteiger partial charge in [-0.1, -0.05) is 69.2 Å². The molecule has 8 aliphatic rings. The first kappa shape index (κ1) is 39.1. The van der Waals surface area contributed by atoms with E-state index in [4.69, 9.17) is 23.4 Å². The van der Waals surface area contributed by atoms with E-state index in [9.17, 15) is 4.79 Å². The van der Waals surface area contributed by atoms with E-state index >= 15 is 0 Å². The minimum atomic E-state index is -2.01. The zero-order chi connectivity index (χ0) is 37.8. The quantitative estimate of drug-likeness (QED) is 0.223. The van der Waals surface area contributed by atoms with E-state index in [0.29, 0.717) is 34.5 Å². The van der Waals surface area contributed by atoms with Crippen molar-refractivity contribution in [3.8, 4) is 0 Å². The second kappa shape index (κ2) is 13.7. The van der Waals surface area contributed by atoms with Gasteiger partial charge < -0.3 is 33.6 Å². The van der Waals surface area contributed by atoms with Crippen molar-refractivity contribution >= 4 is 14.4 Å².